The van der Waals surface area contributed by atoms with Crippen LogP contribution in [0.1, 0.15) is 26.1 Å². The lowest BCUT2D eigenvalue weighted by atomic mass is 10.1. The van der Waals surface area contributed by atoms with Gasteiger partial charge in [0.05, 0.1) is 13.1 Å². The van der Waals surface area contributed by atoms with Crippen LogP contribution in [0.15, 0.2) is 6.33 Å². The smallest absolute Gasteiger partial charge is 0.233 e. The van der Waals surface area contributed by atoms with Crippen LogP contribution in [0.4, 0.5) is 0 Å². The van der Waals surface area contributed by atoms with Gasteiger partial charge in [-0.15, -0.1) is 0 Å². The second kappa shape index (κ2) is 7.01. The summed E-state index contributed by atoms with van der Waals surface area (Å²) >= 11 is 0. The number of hydrogen-bond donors (Lipinski definition) is 2. The Morgan fingerprint density at radius 1 is 1.53 bits per heavy atom. The molecule has 1 amide bonds. The molecule has 17 heavy (non-hydrogen) atoms. The van der Waals surface area contributed by atoms with Gasteiger partial charge in [0.25, 0.3) is 0 Å². The predicted molar refractivity (Wildman–Crippen MR) is 65.2 cm³/mol. The van der Waals surface area contributed by atoms with E-state index in [2.05, 4.69) is 34.6 Å². The number of hydrogen-bond acceptors (Lipinski definition) is 4. The third-order valence-electron chi connectivity index (χ3n) is 2.26. The number of carbonyl (C=O) groups excluding carboxylic acids is 1. The molecule has 1 aromatic rings. The van der Waals surface area contributed by atoms with Crippen molar-refractivity contribution in [3.63, 3.8) is 0 Å². The van der Waals surface area contributed by atoms with Gasteiger partial charge in [0.2, 0.25) is 5.91 Å². The Hall–Kier alpha value is -1.43. The zero-order valence-corrected chi connectivity index (χ0v) is 10.7. The van der Waals surface area contributed by atoms with E-state index in [0.717, 1.165) is 13.0 Å². The molecule has 0 bridgehead atoms. The Bertz CT molecular complexity index is 347. The van der Waals surface area contributed by atoms with E-state index in [4.69, 9.17) is 0 Å². The molecule has 0 aliphatic carbocycles. The van der Waals surface area contributed by atoms with Crippen molar-refractivity contribution < 1.29 is 4.79 Å². The van der Waals surface area contributed by atoms with Gasteiger partial charge in [-0.25, -0.2) is 4.98 Å². The molecule has 1 rings (SSSR count). The zero-order chi connectivity index (χ0) is 12.7. The largest absolute Gasteiger partial charge is 0.355 e. The summed E-state index contributed by atoms with van der Waals surface area (Å²) < 4.78 is 1.64. The highest BCUT2D eigenvalue weighted by Gasteiger charge is 2.02. The molecule has 0 aromatic carbocycles. The number of nitrogens with one attached hydrogen (secondary N) is 2. The molecule has 0 saturated carbocycles. The first-order valence-electron chi connectivity index (χ1n) is 5.90. The van der Waals surface area contributed by atoms with Gasteiger partial charge in [0.1, 0.15) is 6.33 Å². The molecule has 0 radical (unpaired) electrons. The molecule has 2 N–H and O–H groups in total. The molecular formula is C11H21N5O. The van der Waals surface area contributed by atoms with Crippen LogP contribution < -0.4 is 10.6 Å². The lowest BCUT2D eigenvalue weighted by Crippen LogP contribution is -2.34. The van der Waals surface area contributed by atoms with Crippen molar-refractivity contribution in [2.45, 2.75) is 26.8 Å². The Labute approximate surface area is 102 Å². The molecule has 96 valence electrons. The summed E-state index contributed by atoms with van der Waals surface area (Å²) in [5.41, 5.74) is 0. The fourth-order valence-electron chi connectivity index (χ4n) is 1.32. The summed E-state index contributed by atoms with van der Waals surface area (Å²) in [4.78, 5) is 15.5. The minimum atomic E-state index is 0.0154. The molecular weight excluding hydrogens is 218 g/mol. The van der Waals surface area contributed by atoms with Crippen molar-refractivity contribution in [3.8, 4) is 0 Å². The molecule has 6 heteroatoms. The fourth-order valence-corrected chi connectivity index (χ4v) is 1.32. The van der Waals surface area contributed by atoms with E-state index in [0.29, 0.717) is 24.8 Å². The van der Waals surface area contributed by atoms with Gasteiger partial charge in [-0.3, -0.25) is 9.48 Å². The van der Waals surface area contributed by atoms with Crippen LogP contribution >= 0.6 is 0 Å². The maximum Gasteiger partial charge on any atom is 0.233 e. The number of amides is 1. The number of aromatic nitrogens is 3. The summed E-state index contributed by atoms with van der Waals surface area (Å²) in [6.07, 6.45) is 2.65. The normalized spacial score (nSPS) is 10.8. The Balaban J connectivity index is 2.08. The van der Waals surface area contributed by atoms with Crippen molar-refractivity contribution in [2.75, 3.05) is 13.1 Å². The molecule has 0 fully saturated rings. The van der Waals surface area contributed by atoms with Crippen molar-refractivity contribution >= 4 is 5.91 Å². The maximum atomic E-state index is 11.4. The third-order valence-corrected chi connectivity index (χ3v) is 2.26. The number of aryl methyl sites for hydroxylation is 1. The molecule has 1 aromatic heterocycles. The topological polar surface area (TPSA) is 71.8 Å². The van der Waals surface area contributed by atoms with Crippen molar-refractivity contribution in [1.29, 1.82) is 0 Å². The third kappa shape index (κ3) is 6.01. The minimum absolute atomic E-state index is 0.0154. The fraction of sp³-hybridized carbons (Fsp3) is 0.727. The number of nitrogens with zero attached hydrogens (tertiary/aromatic N) is 3. The Kier molecular flexibility index (Phi) is 5.62. The second-order valence-corrected chi connectivity index (χ2v) is 4.47. The molecule has 0 saturated heterocycles. The van der Waals surface area contributed by atoms with E-state index in [-0.39, 0.29) is 5.91 Å². The van der Waals surface area contributed by atoms with Crippen LogP contribution in [0.3, 0.4) is 0 Å². The van der Waals surface area contributed by atoms with Crippen LogP contribution in [-0.2, 0) is 18.4 Å². The summed E-state index contributed by atoms with van der Waals surface area (Å²) in [6, 6.07) is 0. The first kappa shape index (κ1) is 13.6. The van der Waals surface area contributed by atoms with Crippen LogP contribution in [0.25, 0.3) is 0 Å². The Morgan fingerprint density at radius 2 is 2.29 bits per heavy atom. The first-order chi connectivity index (χ1) is 8.08. The second-order valence-electron chi connectivity index (χ2n) is 4.47. The highest BCUT2D eigenvalue weighted by Crippen LogP contribution is 1.95. The van der Waals surface area contributed by atoms with Crippen LogP contribution in [0.2, 0.25) is 0 Å². The summed E-state index contributed by atoms with van der Waals surface area (Å²) in [5, 5.41) is 9.96. The first-order valence-corrected chi connectivity index (χ1v) is 5.90. The van der Waals surface area contributed by atoms with E-state index in [1.165, 1.54) is 0 Å². The lowest BCUT2D eigenvalue weighted by Gasteiger charge is -2.07. The van der Waals surface area contributed by atoms with Gasteiger partial charge >= 0.3 is 0 Å². The van der Waals surface area contributed by atoms with E-state index >= 15 is 0 Å². The van der Waals surface area contributed by atoms with E-state index in [1.807, 2.05) is 7.05 Å². The van der Waals surface area contributed by atoms with E-state index in [1.54, 1.807) is 11.0 Å². The average molecular weight is 239 g/mol. The lowest BCUT2D eigenvalue weighted by molar-refractivity contribution is -0.120. The molecule has 0 aliphatic heterocycles. The highest BCUT2D eigenvalue weighted by molar-refractivity contribution is 5.77. The van der Waals surface area contributed by atoms with Gasteiger partial charge < -0.3 is 10.6 Å². The summed E-state index contributed by atoms with van der Waals surface area (Å²) in [7, 11) is 1.81. The number of rotatable bonds is 7. The number of carbonyl (C=O) groups is 1. The molecule has 0 unspecified atom stereocenters. The molecule has 0 spiro atoms. The quantitative estimate of drug-likeness (QED) is 0.706. The summed E-state index contributed by atoms with van der Waals surface area (Å²) in [5.74, 6) is 1.32. The Morgan fingerprint density at radius 3 is 2.88 bits per heavy atom. The van der Waals surface area contributed by atoms with Crippen LogP contribution in [-0.4, -0.2) is 33.8 Å². The highest BCUT2D eigenvalue weighted by atomic mass is 16.1. The molecule has 0 aliphatic rings. The molecule has 0 atom stereocenters. The van der Waals surface area contributed by atoms with Gasteiger partial charge in [0, 0.05) is 13.6 Å². The summed E-state index contributed by atoms with van der Waals surface area (Å²) in [6.45, 7) is 5.82. The van der Waals surface area contributed by atoms with Crippen molar-refractivity contribution in [2.24, 2.45) is 13.0 Å². The van der Waals surface area contributed by atoms with Gasteiger partial charge in [-0.1, -0.05) is 13.8 Å². The molecule has 6 nitrogen and oxygen atoms in total. The predicted octanol–water partition coefficient (Wildman–Crippen LogP) is 0.0670. The van der Waals surface area contributed by atoms with Crippen molar-refractivity contribution in [3.05, 3.63) is 12.2 Å². The van der Waals surface area contributed by atoms with E-state index < -0.39 is 0 Å². The maximum absolute atomic E-state index is 11.4. The van der Waals surface area contributed by atoms with E-state index in [9.17, 15) is 4.79 Å². The van der Waals surface area contributed by atoms with Crippen LogP contribution in [0, 0.1) is 5.92 Å². The van der Waals surface area contributed by atoms with Gasteiger partial charge in [-0.05, 0) is 12.3 Å². The zero-order valence-electron chi connectivity index (χ0n) is 10.7. The average Bonchev–Trinajstić information content (AvgIpc) is 2.63. The van der Waals surface area contributed by atoms with Crippen LogP contribution in [0.5, 0.6) is 0 Å². The minimum Gasteiger partial charge on any atom is -0.355 e. The SMILES string of the molecule is CC(C)CCNC(=O)CNCc1ncn(C)n1. The van der Waals surface area contributed by atoms with Gasteiger partial charge in [0.15, 0.2) is 5.82 Å². The standard InChI is InChI=1S/C11H21N5O/c1-9(2)4-5-13-11(17)7-12-6-10-14-8-16(3)15-10/h8-9,12H,4-7H2,1-3H3,(H,13,17). The van der Waals surface area contributed by atoms with Gasteiger partial charge in [-0.2, -0.15) is 5.10 Å². The van der Waals surface area contributed by atoms with Crippen molar-refractivity contribution in [1.82, 2.24) is 25.4 Å². The molecule has 1 heterocycles. The monoisotopic (exact) mass is 239 g/mol.